The molecule has 3 aromatic rings. The van der Waals surface area contributed by atoms with Gasteiger partial charge in [0.15, 0.2) is 11.5 Å². The molecule has 0 aromatic heterocycles. The molecule has 0 aliphatic carbocycles. The maximum Gasteiger partial charge on any atom is 0.161 e. The number of nitriles is 1. The quantitative estimate of drug-likeness (QED) is 0.649. The summed E-state index contributed by atoms with van der Waals surface area (Å²) in [4.78, 5) is 0. The maximum atomic E-state index is 9.28. The summed E-state index contributed by atoms with van der Waals surface area (Å²) >= 11 is 0. The maximum absolute atomic E-state index is 9.28. The molecule has 0 saturated heterocycles. The van der Waals surface area contributed by atoms with Gasteiger partial charge in [-0.1, -0.05) is 48.5 Å². The number of allylic oxidation sites excluding steroid dienone is 1. The number of benzene rings is 3. The van der Waals surface area contributed by atoms with Crippen molar-refractivity contribution in [1.29, 1.82) is 5.26 Å². The highest BCUT2D eigenvalue weighted by atomic mass is 16.5. The average Bonchev–Trinajstić information content (AvgIpc) is 2.65. The molecule has 0 aliphatic heterocycles. The minimum atomic E-state index is 0.638. The van der Waals surface area contributed by atoms with Crippen molar-refractivity contribution in [2.45, 2.75) is 0 Å². The van der Waals surface area contributed by atoms with Crippen LogP contribution in [0.15, 0.2) is 66.7 Å². The molecule has 0 aliphatic rings. The lowest BCUT2D eigenvalue weighted by Crippen LogP contribution is -1.94. The second-order valence-electron chi connectivity index (χ2n) is 5.28. The number of rotatable bonds is 4. The Morgan fingerprint density at radius 3 is 2.42 bits per heavy atom. The van der Waals surface area contributed by atoms with Gasteiger partial charge in [-0.2, -0.15) is 5.26 Å². The number of hydrogen-bond acceptors (Lipinski definition) is 3. The van der Waals surface area contributed by atoms with Gasteiger partial charge in [-0.3, -0.25) is 0 Å². The molecule has 0 atom stereocenters. The Hall–Kier alpha value is -3.25. The summed E-state index contributed by atoms with van der Waals surface area (Å²) in [5, 5.41) is 11.5. The van der Waals surface area contributed by atoms with Crippen LogP contribution in [0.25, 0.3) is 16.3 Å². The number of methoxy groups -OCH3 is 2. The zero-order chi connectivity index (χ0) is 16.9. The molecular formula is C21H17NO2. The van der Waals surface area contributed by atoms with Gasteiger partial charge in [-0.05, 0) is 34.0 Å². The highest BCUT2D eigenvalue weighted by Gasteiger charge is 2.12. The molecule has 118 valence electrons. The number of ether oxygens (including phenoxy) is 2. The van der Waals surface area contributed by atoms with Gasteiger partial charge >= 0.3 is 0 Å². The summed E-state index contributed by atoms with van der Waals surface area (Å²) in [6.45, 7) is 0. The summed E-state index contributed by atoms with van der Waals surface area (Å²) in [6.07, 6.45) is 1.57. The summed E-state index contributed by atoms with van der Waals surface area (Å²) in [5.74, 6) is 1.30. The van der Waals surface area contributed by atoms with E-state index in [4.69, 9.17) is 9.47 Å². The molecule has 0 fully saturated rings. The van der Waals surface area contributed by atoms with Crippen molar-refractivity contribution in [1.82, 2.24) is 0 Å². The molecule has 0 bridgehead atoms. The van der Waals surface area contributed by atoms with E-state index < -0.39 is 0 Å². The smallest absolute Gasteiger partial charge is 0.161 e. The van der Waals surface area contributed by atoms with Crippen molar-refractivity contribution in [2.75, 3.05) is 14.2 Å². The van der Waals surface area contributed by atoms with Gasteiger partial charge < -0.3 is 9.47 Å². The summed E-state index contributed by atoms with van der Waals surface area (Å²) < 4.78 is 10.7. The van der Waals surface area contributed by atoms with Crippen molar-refractivity contribution in [3.05, 3.63) is 77.9 Å². The SMILES string of the molecule is COc1ccc(/C(=C/C#N)c2cccc3ccccc23)cc1OC. The Morgan fingerprint density at radius 1 is 0.917 bits per heavy atom. The molecule has 3 nitrogen and oxygen atoms in total. The summed E-state index contributed by atoms with van der Waals surface area (Å²) in [5.41, 5.74) is 2.78. The fourth-order valence-electron chi connectivity index (χ4n) is 2.85. The first kappa shape index (κ1) is 15.6. The predicted molar refractivity (Wildman–Crippen MR) is 96.2 cm³/mol. The lowest BCUT2D eigenvalue weighted by atomic mass is 9.93. The van der Waals surface area contributed by atoms with Crippen LogP contribution in [0, 0.1) is 11.3 Å². The first-order valence-corrected chi connectivity index (χ1v) is 7.59. The Bertz CT molecular complexity index is 946. The molecule has 0 amide bonds. The third-order valence-corrected chi connectivity index (χ3v) is 3.98. The van der Waals surface area contributed by atoms with E-state index in [0.29, 0.717) is 11.5 Å². The van der Waals surface area contributed by atoms with E-state index >= 15 is 0 Å². The number of fused-ring (bicyclic) bond motifs is 1. The molecule has 3 aromatic carbocycles. The van der Waals surface area contributed by atoms with Gasteiger partial charge in [-0.15, -0.1) is 0 Å². The highest BCUT2D eigenvalue weighted by molar-refractivity contribution is 5.98. The molecule has 0 saturated carbocycles. The van der Waals surface area contributed by atoms with Gasteiger partial charge in [-0.25, -0.2) is 0 Å². The fraction of sp³-hybridized carbons (Fsp3) is 0.0952. The van der Waals surface area contributed by atoms with Gasteiger partial charge in [0.25, 0.3) is 0 Å². The van der Waals surface area contributed by atoms with Crippen LogP contribution in [0.5, 0.6) is 11.5 Å². The average molecular weight is 315 g/mol. The second-order valence-corrected chi connectivity index (χ2v) is 5.28. The van der Waals surface area contributed by atoms with Crippen LogP contribution in [0.4, 0.5) is 0 Å². The van der Waals surface area contributed by atoms with Gasteiger partial charge in [0.2, 0.25) is 0 Å². The minimum absolute atomic E-state index is 0.638. The first-order chi connectivity index (χ1) is 11.8. The van der Waals surface area contributed by atoms with Gasteiger partial charge in [0.05, 0.1) is 20.3 Å². The molecule has 3 heteroatoms. The first-order valence-electron chi connectivity index (χ1n) is 7.59. The third-order valence-electron chi connectivity index (χ3n) is 3.98. The summed E-state index contributed by atoms with van der Waals surface area (Å²) in [6, 6.07) is 22.1. The topological polar surface area (TPSA) is 42.2 Å². The van der Waals surface area contributed by atoms with E-state index in [1.165, 1.54) is 0 Å². The molecule has 0 heterocycles. The van der Waals surface area contributed by atoms with Crippen LogP contribution in [-0.2, 0) is 0 Å². The van der Waals surface area contributed by atoms with E-state index in [9.17, 15) is 5.26 Å². The second kappa shape index (κ2) is 6.89. The third kappa shape index (κ3) is 2.82. The molecule has 0 spiro atoms. The van der Waals surface area contributed by atoms with Crippen LogP contribution in [0.2, 0.25) is 0 Å². The molecule has 24 heavy (non-hydrogen) atoms. The molecular weight excluding hydrogens is 298 g/mol. The van der Waals surface area contributed by atoms with E-state index in [2.05, 4.69) is 24.3 Å². The van der Waals surface area contributed by atoms with Crippen molar-refractivity contribution in [3.63, 3.8) is 0 Å². The molecule has 0 unspecified atom stereocenters. The number of hydrogen-bond donors (Lipinski definition) is 0. The van der Waals surface area contributed by atoms with Crippen molar-refractivity contribution in [3.8, 4) is 17.6 Å². The minimum Gasteiger partial charge on any atom is -0.493 e. The Labute approximate surface area is 141 Å². The Kier molecular flexibility index (Phi) is 4.49. The summed E-state index contributed by atoms with van der Waals surface area (Å²) in [7, 11) is 3.21. The Balaban J connectivity index is 2.22. The van der Waals surface area contributed by atoms with Crippen molar-refractivity contribution >= 4 is 16.3 Å². The zero-order valence-corrected chi connectivity index (χ0v) is 13.6. The Morgan fingerprint density at radius 2 is 1.67 bits per heavy atom. The predicted octanol–water partition coefficient (Wildman–Crippen LogP) is 4.81. The lowest BCUT2D eigenvalue weighted by Gasteiger charge is -2.13. The number of nitrogens with zero attached hydrogens (tertiary/aromatic N) is 1. The van der Waals surface area contributed by atoms with E-state index in [1.54, 1.807) is 20.3 Å². The highest BCUT2D eigenvalue weighted by Crippen LogP contribution is 2.35. The zero-order valence-electron chi connectivity index (χ0n) is 13.6. The van der Waals surface area contributed by atoms with E-state index in [1.807, 2.05) is 42.5 Å². The fourth-order valence-corrected chi connectivity index (χ4v) is 2.85. The van der Waals surface area contributed by atoms with Crippen LogP contribution >= 0.6 is 0 Å². The molecule has 0 N–H and O–H groups in total. The van der Waals surface area contributed by atoms with E-state index in [-0.39, 0.29) is 0 Å². The largest absolute Gasteiger partial charge is 0.493 e. The van der Waals surface area contributed by atoms with Gasteiger partial charge in [0.1, 0.15) is 0 Å². The van der Waals surface area contributed by atoms with Crippen LogP contribution in [0.3, 0.4) is 0 Å². The van der Waals surface area contributed by atoms with Crippen LogP contribution in [-0.4, -0.2) is 14.2 Å². The van der Waals surface area contributed by atoms with Crippen LogP contribution in [0.1, 0.15) is 11.1 Å². The van der Waals surface area contributed by atoms with E-state index in [0.717, 1.165) is 27.5 Å². The normalized spacial score (nSPS) is 11.1. The van der Waals surface area contributed by atoms with Gasteiger partial charge in [0, 0.05) is 11.6 Å². The standard InChI is InChI=1S/C21H17NO2/c1-23-20-11-10-16(14-21(20)24-2)18(12-13-22)19-9-5-7-15-6-3-4-8-17(15)19/h3-12,14H,1-2H3/b18-12-. The van der Waals surface area contributed by atoms with Crippen LogP contribution < -0.4 is 9.47 Å². The van der Waals surface area contributed by atoms with Crippen molar-refractivity contribution in [2.24, 2.45) is 0 Å². The monoisotopic (exact) mass is 315 g/mol. The lowest BCUT2D eigenvalue weighted by molar-refractivity contribution is 0.355. The molecule has 3 rings (SSSR count). The molecule has 0 radical (unpaired) electrons. The van der Waals surface area contributed by atoms with Crippen molar-refractivity contribution < 1.29 is 9.47 Å².